The maximum Gasteiger partial charge on any atom is 0.266 e. The van der Waals surface area contributed by atoms with Gasteiger partial charge in [0.1, 0.15) is 5.60 Å². The lowest BCUT2D eigenvalue weighted by molar-refractivity contribution is -0.209. The predicted molar refractivity (Wildman–Crippen MR) is 57.0 cm³/mol. The Hall–Kier alpha value is -0.180. The van der Waals surface area contributed by atoms with Gasteiger partial charge in [0.15, 0.2) is 0 Å². The molecule has 0 amide bonds. The van der Waals surface area contributed by atoms with Crippen LogP contribution in [0.5, 0.6) is 0 Å². The Morgan fingerprint density at radius 1 is 1.27 bits per heavy atom. The summed E-state index contributed by atoms with van der Waals surface area (Å²) in [6.45, 7) is 6.30. The summed E-state index contributed by atoms with van der Waals surface area (Å²) in [6, 6.07) is 0. The van der Waals surface area contributed by atoms with E-state index in [0.29, 0.717) is 5.92 Å². The highest BCUT2D eigenvalue weighted by Crippen LogP contribution is 2.56. The Kier molecular flexibility index (Phi) is 3.75. The highest BCUT2D eigenvalue weighted by atomic mass is 19.3. The van der Waals surface area contributed by atoms with Gasteiger partial charge in [-0.25, -0.2) is 8.78 Å². The average molecular weight is 220 g/mol. The second kappa shape index (κ2) is 4.36. The Labute approximate surface area is 90.9 Å². The van der Waals surface area contributed by atoms with Crippen molar-refractivity contribution in [1.82, 2.24) is 0 Å². The van der Waals surface area contributed by atoms with E-state index in [9.17, 15) is 13.9 Å². The summed E-state index contributed by atoms with van der Waals surface area (Å²) in [5, 5.41) is 9.59. The molecule has 1 saturated carbocycles. The van der Waals surface area contributed by atoms with Crippen LogP contribution in [-0.2, 0) is 0 Å². The molecule has 1 unspecified atom stereocenters. The molecule has 1 nitrogen and oxygen atoms in total. The van der Waals surface area contributed by atoms with Crippen molar-refractivity contribution in [2.45, 2.75) is 64.9 Å². The zero-order valence-corrected chi connectivity index (χ0v) is 9.89. The van der Waals surface area contributed by atoms with Crippen molar-refractivity contribution in [3.63, 3.8) is 0 Å². The van der Waals surface area contributed by atoms with E-state index in [-0.39, 0.29) is 18.3 Å². The van der Waals surface area contributed by atoms with Gasteiger partial charge in [-0.2, -0.15) is 0 Å². The lowest BCUT2D eigenvalue weighted by Crippen LogP contribution is -2.56. The van der Waals surface area contributed by atoms with Crippen molar-refractivity contribution in [2.75, 3.05) is 0 Å². The van der Waals surface area contributed by atoms with Gasteiger partial charge >= 0.3 is 0 Å². The van der Waals surface area contributed by atoms with Gasteiger partial charge in [-0.3, -0.25) is 0 Å². The lowest BCUT2D eigenvalue weighted by Gasteiger charge is -2.53. The van der Waals surface area contributed by atoms with E-state index in [0.717, 1.165) is 19.3 Å². The summed E-state index contributed by atoms with van der Waals surface area (Å²) >= 11 is 0. The monoisotopic (exact) mass is 220 g/mol. The molecular weight excluding hydrogens is 198 g/mol. The summed E-state index contributed by atoms with van der Waals surface area (Å²) in [7, 11) is 0. The molecule has 0 aromatic rings. The second-order valence-corrected chi connectivity index (χ2v) is 5.33. The maximum atomic E-state index is 12.5. The molecule has 1 fully saturated rings. The van der Waals surface area contributed by atoms with Crippen LogP contribution in [0.25, 0.3) is 0 Å². The minimum atomic E-state index is -2.59. The van der Waals surface area contributed by atoms with Crippen LogP contribution in [0, 0.1) is 11.3 Å². The minimum absolute atomic E-state index is 0.0272. The number of halogens is 2. The fourth-order valence-corrected chi connectivity index (χ4v) is 2.82. The summed E-state index contributed by atoms with van der Waals surface area (Å²) in [5.74, 6) is 0.562. The molecule has 90 valence electrons. The van der Waals surface area contributed by atoms with Crippen molar-refractivity contribution in [2.24, 2.45) is 11.3 Å². The molecular formula is C12H22F2O. The lowest BCUT2D eigenvalue weighted by atomic mass is 9.55. The van der Waals surface area contributed by atoms with Gasteiger partial charge in [0.25, 0.3) is 6.43 Å². The highest BCUT2D eigenvalue weighted by Gasteiger charge is 2.57. The molecule has 0 aromatic heterocycles. The number of aliphatic hydroxyl groups is 1. The largest absolute Gasteiger partial charge is 0.384 e. The van der Waals surface area contributed by atoms with Crippen molar-refractivity contribution in [3.8, 4) is 0 Å². The first-order chi connectivity index (χ1) is 6.87. The fraction of sp³-hybridized carbons (Fsp3) is 1.00. The van der Waals surface area contributed by atoms with Gasteiger partial charge in [0.05, 0.1) is 0 Å². The van der Waals surface area contributed by atoms with Gasteiger partial charge in [-0.05, 0) is 30.6 Å². The maximum absolute atomic E-state index is 12.5. The molecule has 0 spiro atoms. The van der Waals surface area contributed by atoms with E-state index in [1.54, 1.807) is 0 Å². The molecule has 15 heavy (non-hydrogen) atoms. The van der Waals surface area contributed by atoms with Crippen LogP contribution in [0.15, 0.2) is 0 Å². The molecule has 1 rings (SSSR count). The fourth-order valence-electron chi connectivity index (χ4n) is 2.82. The van der Waals surface area contributed by atoms with Crippen molar-refractivity contribution in [1.29, 1.82) is 0 Å². The number of hydrogen-bond donors (Lipinski definition) is 1. The van der Waals surface area contributed by atoms with Crippen LogP contribution in [0.4, 0.5) is 8.78 Å². The van der Waals surface area contributed by atoms with Gasteiger partial charge in [-0.15, -0.1) is 0 Å². The van der Waals surface area contributed by atoms with Crippen LogP contribution in [0.3, 0.4) is 0 Å². The van der Waals surface area contributed by atoms with E-state index >= 15 is 0 Å². The molecule has 0 heterocycles. The van der Waals surface area contributed by atoms with Crippen LogP contribution in [0.1, 0.15) is 52.9 Å². The van der Waals surface area contributed by atoms with Gasteiger partial charge in [-0.1, -0.05) is 33.6 Å². The van der Waals surface area contributed by atoms with Gasteiger partial charge in [0.2, 0.25) is 0 Å². The molecule has 0 aliphatic heterocycles. The van der Waals surface area contributed by atoms with E-state index in [2.05, 4.69) is 13.8 Å². The first-order valence-corrected chi connectivity index (χ1v) is 5.88. The smallest absolute Gasteiger partial charge is 0.266 e. The zero-order valence-electron chi connectivity index (χ0n) is 9.89. The summed E-state index contributed by atoms with van der Waals surface area (Å²) < 4.78 is 25.0. The SMILES string of the molecule is CCC(C)CC1(CC)CC(O)(C(F)F)C1. The standard InChI is InChI=1S/C12H22F2O/c1-4-9(3)6-11(5-2)7-12(15,8-11)10(13)14/h9-10,15H,4-8H2,1-3H3. The highest BCUT2D eigenvalue weighted by molar-refractivity contribution is 5.05. The minimum Gasteiger partial charge on any atom is -0.384 e. The molecule has 0 aromatic carbocycles. The van der Waals surface area contributed by atoms with Crippen molar-refractivity contribution < 1.29 is 13.9 Å². The summed E-state index contributed by atoms with van der Waals surface area (Å²) in [6.07, 6.45) is 0.905. The molecule has 0 saturated heterocycles. The van der Waals surface area contributed by atoms with E-state index in [4.69, 9.17) is 0 Å². The number of hydrogen-bond acceptors (Lipinski definition) is 1. The first kappa shape index (κ1) is 12.9. The Balaban J connectivity index is 2.55. The van der Waals surface area contributed by atoms with Crippen LogP contribution in [0.2, 0.25) is 0 Å². The Morgan fingerprint density at radius 2 is 1.80 bits per heavy atom. The average Bonchev–Trinajstić information content (AvgIpc) is 2.14. The van der Waals surface area contributed by atoms with Crippen molar-refractivity contribution >= 4 is 0 Å². The van der Waals surface area contributed by atoms with E-state index in [1.165, 1.54) is 0 Å². The number of rotatable bonds is 5. The second-order valence-electron chi connectivity index (χ2n) is 5.33. The van der Waals surface area contributed by atoms with Crippen LogP contribution in [-0.4, -0.2) is 17.1 Å². The quantitative estimate of drug-likeness (QED) is 0.750. The normalized spacial score (nSPS) is 37.8. The molecule has 1 N–H and O–H groups in total. The third-order valence-corrected chi connectivity index (χ3v) is 4.00. The molecule has 1 aliphatic carbocycles. The third kappa shape index (κ3) is 2.49. The van der Waals surface area contributed by atoms with Gasteiger partial charge < -0.3 is 5.11 Å². The predicted octanol–water partition coefficient (Wildman–Crippen LogP) is 3.61. The van der Waals surface area contributed by atoms with Crippen LogP contribution >= 0.6 is 0 Å². The summed E-state index contributed by atoms with van der Waals surface area (Å²) in [5.41, 5.74) is -1.72. The molecule has 0 radical (unpaired) electrons. The first-order valence-electron chi connectivity index (χ1n) is 5.88. The molecule has 0 bridgehead atoms. The topological polar surface area (TPSA) is 20.2 Å². The molecule has 1 atom stereocenters. The number of alkyl halides is 2. The molecule has 3 heteroatoms. The summed E-state index contributed by atoms with van der Waals surface area (Å²) in [4.78, 5) is 0. The molecule has 1 aliphatic rings. The third-order valence-electron chi connectivity index (χ3n) is 4.00. The Morgan fingerprint density at radius 3 is 2.13 bits per heavy atom. The van der Waals surface area contributed by atoms with E-state index < -0.39 is 12.0 Å². The van der Waals surface area contributed by atoms with Gasteiger partial charge in [0, 0.05) is 0 Å². The Bertz CT molecular complexity index is 210. The zero-order chi connectivity index (χ0) is 11.7. The van der Waals surface area contributed by atoms with Crippen molar-refractivity contribution in [3.05, 3.63) is 0 Å². The van der Waals surface area contributed by atoms with E-state index in [1.807, 2.05) is 6.92 Å². The van der Waals surface area contributed by atoms with Crippen LogP contribution < -0.4 is 0 Å².